The molecule has 1 aliphatic heterocycles. The Morgan fingerprint density at radius 1 is 1.19 bits per heavy atom. The van der Waals surface area contributed by atoms with Crippen molar-refractivity contribution in [3.8, 4) is 0 Å². The summed E-state index contributed by atoms with van der Waals surface area (Å²) >= 11 is 6.27. The monoisotopic (exact) mass is 387 g/mol. The van der Waals surface area contributed by atoms with Crippen molar-refractivity contribution < 1.29 is 4.39 Å². The van der Waals surface area contributed by atoms with Crippen molar-refractivity contribution in [1.82, 2.24) is 9.97 Å². The first-order chi connectivity index (χ1) is 13.1. The van der Waals surface area contributed by atoms with Crippen LogP contribution in [0.5, 0.6) is 0 Å². The van der Waals surface area contributed by atoms with Gasteiger partial charge in [0.1, 0.15) is 11.6 Å². The zero-order valence-corrected chi connectivity index (χ0v) is 16.4. The molecule has 0 fully saturated rings. The summed E-state index contributed by atoms with van der Waals surface area (Å²) in [5.41, 5.74) is 6.60. The van der Waals surface area contributed by atoms with E-state index < -0.39 is 5.82 Å². The molecular weight excluding hydrogens is 365 g/mol. The number of halogens is 2. The summed E-state index contributed by atoms with van der Waals surface area (Å²) in [6.45, 7) is 6.86. The van der Waals surface area contributed by atoms with Gasteiger partial charge in [0.25, 0.3) is 0 Å². The van der Waals surface area contributed by atoms with E-state index in [1.807, 2.05) is 19.9 Å². The second-order valence-corrected chi connectivity index (χ2v) is 6.48. The summed E-state index contributed by atoms with van der Waals surface area (Å²) in [4.78, 5) is 10.9. The first kappa shape index (κ1) is 19.3. The Bertz CT molecular complexity index is 976. The SMILES string of the molecule is CC.Cc1cccc2c1CCCN2c1nc(NN)nc2ccc(F)c(Cl)c12. The van der Waals surface area contributed by atoms with Crippen molar-refractivity contribution in [3.05, 3.63) is 52.3 Å². The Kier molecular flexibility index (Phi) is 5.77. The first-order valence-electron chi connectivity index (χ1n) is 9.08. The molecule has 1 aliphatic rings. The molecule has 0 radical (unpaired) electrons. The molecule has 7 heteroatoms. The zero-order chi connectivity index (χ0) is 19.6. The number of anilines is 3. The van der Waals surface area contributed by atoms with E-state index >= 15 is 0 Å². The van der Waals surface area contributed by atoms with Crippen LogP contribution in [0.3, 0.4) is 0 Å². The third kappa shape index (κ3) is 3.42. The van der Waals surface area contributed by atoms with E-state index in [1.165, 1.54) is 17.2 Å². The quantitative estimate of drug-likeness (QED) is 0.471. The molecule has 2 heterocycles. The van der Waals surface area contributed by atoms with E-state index in [0.29, 0.717) is 16.7 Å². The molecule has 0 aliphatic carbocycles. The van der Waals surface area contributed by atoms with Crippen LogP contribution in [0.1, 0.15) is 31.4 Å². The minimum Gasteiger partial charge on any atom is -0.325 e. The molecule has 0 spiro atoms. The predicted molar refractivity (Wildman–Crippen MR) is 110 cm³/mol. The lowest BCUT2D eigenvalue weighted by molar-refractivity contribution is 0.630. The zero-order valence-electron chi connectivity index (χ0n) is 15.7. The molecule has 27 heavy (non-hydrogen) atoms. The summed E-state index contributed by atoms with van der Waals surface area (Å²) in [6, 6.07) is 9.05. The number of nitrogens with zero attached hydrogens (tertiary/aromatic N) is 3. The Morgan fingerprint density at radius 2 is 1.96 bits per heavy atom. The number of nitrogens with two attached hydrogens (primary N) is 1. The first-order valence-corrected chi connectivity index (χ1v) is 9.46. The number of aromatic nitrogens is 2. The molecular formula is C20H23ClFN5. The van der Waals surface area contributed by atoms with Crippen molar-refractivity contribution in [2.75, 3.05) is 16.9 Å². The van der Waals surface area contributed by atoms with Gasteiger partial charge in [-0.25, -0.2) is 15.2 Å². The maximum Gasteiger partial charge on any atom is 0.239 e. The van der Waals surface area contributed by atoms with Crippen LogP contribution in [0, 0.1) is 12.7 Å². The van der Waals surface area contributed by atoms with Gasteiger partial charge >= 0.3 is 0 Å². The van der Waals surface area contributed by atoms with Gasteiger partial charge in [0, 0.05) is 12.2 Å². The number of benzene rings is 2. The van der Waals surface area contributed by atoms with Gasteiger partial charge in [0.2, 0.25) is 5.95 Å². The Morgan fingerprint density at radius 3 is 2.70 bits per heavy atom. The number of fused-ring (bicyclic) bond motifs is 2. The molecule has 2 aromatic carbocycles. The van der Waals surface area contributed by atoms with Crippen LogP contribution in [-0.2, 0) is 6.42 Å². The normalized spacial score (nSPS) is 13.0. The van der Waals surface area contributed by atoms with Crippen LogP contribution in [0.15, 0.2) is 30.3 Å². The van der Waals surface area contributed by atoms with Gasteiger partial charge in [-0.15, -0.1) is 0 Å². The highest BCUT2D eigenvalue weighted by atomic mass is 35.5. The van der Waals surface area contributed by atoms with Crippen LogP contribution in [0.25, 0.3) is 10.9 Å². The molecule has 0 amide bonds. The minimum absolute atomic E-state index is 0.0239. The molecule has 0 atom stereocenters. The van der Waals surface area contributed by atoms with E-state index in [0.717, 1.165) is 25.1 Å². The van der Waals surface area contributed by atoms with Gasteiger partial charge in [-0.3, -0.25) is 5.43 Å². The second-order valence-electron chi connectivity index (χ2n) is 6.10. The third-order valence-corrected chi connectivity index (χ3v) is 4.97. The fourth-order valence-corrected chi connectivity index (χ4v) is 3.67. The van der Waals surface area contributed by atoms with Crippen LogP contribution in [-0.4, -0.2) is 16.5 Å². The van der Waals surface area contributed by atoms with Crippen molar-refractivity contribution in [2.45, 2.75) is 33.6 Å². The Hall–Kier alpha value is -2.44. The highest BCUT2D eigenvalue weighted by Gasteiger charge is 2.24. The van der Waals surface area contributed by atoms with E-state index in [1.54, 1.807) is 6.07 Å². The largest absolute Gasteiger partial charge is 0.325 e. The van der Waals surface area contributed by atoms with Crippen LogP contribution in [0.4, 0.5) is 21.8 Å². The van der Waals surface area contributed by atoms with Crippen molar-refractivity contribution in [2.24, 2.45) is 5.84 Å². The van der Waals surface area contributed by atoms with E-state index in [-0.39, 0.29) is 11.0 Å². The highest BCUT2D eigenvalue weighted by molar-refractivity contribution is 6.36. The molecule has 0 saturated carbocycles. The molecule has 3 aromatic rings. The molecule has 0 bridgehead atoms. The minimum atomic E-state index is -0.492. The lowest BCUT2D eigenvalue weighted by atomic mass is 9.97. The predicted octanol–water partition coefficient (Wildman–Crippen LogP) is 5.13. The Balaban J connectivity index is 0.00000102. The van der Waals surface area contributed by atoms with Gasteiger partial charge < -0.3 is 4.90 Å². The number of hydrogen-bond acceptors (Lipinski definition) is 5. The Labute approximate surface area is 163 Å². The topological polar surface area (TPSA) is 67.1 Å². The van der Waals surface area contributed by atoms with Gasteiger partial charge in [0.05, 0.1) is 15.9 Å². The number of nitrogen functional groups attached to an aromatic ring is 1. The summed E-state index contributed by atoms with van der Waals surface area (Å²) in [7, 11) is 0. The van der Waals surface area contributed by atoms with Crippen LogP contribution < -0.4 is 16.2 Å². The maximum absolute atomic E-state index is 14.1. The lowest BCUT2D eigenvalue weighted by Gasteiger charge is -2.32. The number of hydrazine groups is 1. The lowest BCUT2D eigenvalue weighted by Crippen LogP contribution is -2.27. The summed E-state index contributed by atoms with van der Waals surface area (Å²) in [5, 5.41) is 0.519. The highest BCUT2D eigenvalue weighted by Crippen LogP contribution is 2.40. The van der Waals surface area contributed by atoms with Crippen LogP contribution in [0.2, 0.25) is 5.02 Å². The van der Waals surface area contributed by atoms with Crippen molar-refractivity contribution in [1.29, 1.82) is 0 Å². The van der Waals surface area contributed by atoms with Crippen LogP contribution >= 0.6 is 11.6 Å². The van der Waals surface area contributed by atoms with Gasteiger partial charge in [-0.05, 0) is 49.1 Å². The fraction of sp³-hybridized carbons (Fsp3) is 0.300. The molecule has 1 aromatic heterocycles. The maximum atomic E-state index is 14.1. The number of aryl methyl sites for hydroxylation is 1. The summed E-state index contributed by atoms with van der Waals surface area (Å²) in [5.74, 6) is 5.87. The molecule has 4 rings (SSSR count). The molecule has 0 saturated heterocycles. The van der Waals surface area contributed by atoms with Crippen molar-refractivity contribution in [3.63, 3.8) is 0 Å². The summed E-state index contributed by atoms with van der Waals surface area (Å²) < 4.78 is 14.1. The second kappa shape index (κ2) is 8.06. The number of rotatable bonds is 2. The third-order valence-electron chi connectivity index (χ3n) is 4.60. The summed E-state index contributed by atoms with van der Waals surface area (Å²) in [6.07, 6.45) is 1.98. The number of hydrogen-bond donors (Lipinski definition) is 2. The van der Waals surface area contributed by atoms with Gasteiger partial charge in [0.15, 0.2) is 0 Å². The average molecular weight is 388 g/mol. The standard InChI is InChI=1S/C18H17ClFN5.C2H6/c1-10-4-2-6-14-11(10)5-3-9-25(14)17-15-13(22-18(23-17)24-21)8-7-12(20)16(15)19;1-2/h2,4,6-8H,3,5,9,21H2,1H3,(H,22,23,24);1-2H3. The molecule has 142 valence electrons. The van der Waals surface area contributed by atoms with E-state index in [2.05, 4.69) is 39.4 Å². The average Bonchev–Trinajstić information content (AvgIpc) is 2.71. The fourth-order valence-electron chi connectivity index (χ4n) is 3.42. The molecule has 3 N–H and O–H groups in total. The number of nitrogens with one attached hydrogen (secondary N) is 1. The van der Waals surface area contributed by atoms with Crippen molar-refractivity contribution >= 4 is 40.0 Å². The van der Waals surface area contributed by atoms with Gasteiger partial charge in [-0.1, -0.05) is 37.6 Å². The van der Waals surface area contributed by atoms with Gasteiger partial charge in [-0.2, -0.15) is 4.98 Å². The molecule has 0 unspecified atom stereocenters. The van der Waals surface area contributed by atoms with E-state index in [4.69, 9.17) is 17.4 Å². The smallest absolute Gasteiger partial charge is 0.239 e. The van der Waals surface area contributed by atoms with E-state index in [9.17, 15) is 4.39 Å². The molecule has 5 nitrogen and oxygen atoms in total.